The number of hydrogen-bond acceptors (Lipinski definition) is 4. The number of unbranched alkanes of at least 4 members (excludes halogenated alkanes) is 2. The topological polar surface area (TPSA) is 75.7 Å². The van der Waals surface area contributed by atoms with E-state index in [1.165, 1.54) is 7.11 Å². The van der Waals surface area contributed by atoms with Crippen molar-refractivity contribution in [1.82, 2.24) is 5.32 Å². The van der Waals surface area contributed by atoms with Crippen molar-refractivity contribution in [3.05, 3.63) is 29.8 Å². The fraction of sp³-hybridized carbons (Fsp3) is 0.526. The molecule has 1 aromatic rings. The van der Waals surface area contributed by atoms with Gasteiger partial charge in [0.15, 0.2) is 0 Å². The van der Waals surface area contributed by atoms with Crippen LogP contribution in [0.15, 0.2) is 24.3 Å². The number of piperidine rings is 1. The van der Waals surface area contributed by atoms with Crippen LogP contribution in [-0.4, -0.2) is 38.0 Å². The lowest BCUT2D eigenvalue weighted by Crippen LogP contribution is -2.35. The van der Waals surface area contributed by atoms with Crippen molar-refractivity contribution in [2.75, 3.05) is 25.1 Å². The Morgan fingerprint density at radius 2 is 1.88 bits per heavy atom. The van der Waals surface area contributed by atoms with Crippen LogP contribution in [0.5, 0.6) is 0 Å². The molecule has 1 aliphatic heterocycles. The fourth-order valence-corrected chi connectivity index (χ4v) is 2.85. The second kappa shape index (κ2) is 9.81. The molecule has 0 spiro atoms. The van der Waals surface area contributed by atoms with Crippen molar-refractivity contribution in [2.45, 2.75) is 44.9 Å². The monoisotopic (exact) mass is 346 g/mol. The van der Waals surface area contributed by atoms with Crippen LogP contribution in [-0.2, 0) is 14.3 Å². The van der Waals surface area contributed by atoms with E-state index in [0.717, 1.165) is 44.3 Å². The molecule has 0 bridgehead atoms. The van der Waals surface area contributed by atoms with Crippen molar-refractivity contribution >= 4 is 23.5 Å². The number of benzene rings is 1. The lowest BCUT2D eigenvalue weighted by Gasteiger charge is -2.26. The first-order valence-electron chi connectivity index (χ1n) is 8.87. The average Bonchev–Trinajstić information content (AvgIpc) is 2.64. The predicted octanol–water partition coefficient (Wildman–Crippen LogP) is 2.67. The molecule has 1 N–H and O–H groups in total. The molecule has 0 unspecified atom stereocenters. The highest BCUT2D eigenvalue weighted by atomic mass is 16.5. The Kier molecular flexibility index (Phi) is 7.44. The summed E-state index contributed by atoms with van der Waals surface area (Å²) in [5, 5.41) is 2.87. The number of nitrogens with zero attached hydrogens (tertiary/aromatic N) is 1. The molecule has 1 aliphatic rings. The largest absolute Gasteiger partial charge is 0.469 e. The summed E-state index contributed by atoms with van der Waals surface area (Å²) in [5.74, 6) is -0.170. The summed E-state index contributed by atoms with van der Waals surface area (Å²) in [6.07, 6.45) is 5.44. The van der Waals surface area contributed by atoms with Crippen LogP contribution in [0.2, 0.25) is 0 Å². The van der Waals surface area contributed by atoms with Gasteiger partial charge in [0.25, 0.3) is 5.91 Å². The Balaban J connectivity index is 1.73. The molecule has 0 aliphatic carbocycles. The zero-order chi connectivity index (χ0) is 18.1. The first-order valence-corrected chi connectivity index (χ1v) is 8.87. The number of nitrogens with one attached hydrogen (secondary N) is 1. The van der Waals surface area contributed by atoms with E-state index < -0.39 is 0 Å². The van der Waals surface area contributed by atoms with Gasteiger partial charge in [-0.25, -0.2) is 0 Å². The molecule has 25 heavy (non-hydrogen) atoms. The average molecular weight is 346 g/mol. The van der Waals surface area contributed by atoms with Gasteiger partial charge in [0.05, 0.1) is 7.11 Å². The Hall–Kier alpha value is -2.37. The second-order valence-corrected chi connectivity index (χ2v) is 6.19. The minimum absolute atomic E-state index is 0.121. The van der Waals surface area contributed by atoms with Crippen molar-refractivity contribution in [3.8, 4) is 0 Å². The van der Waals surface area contributed by atoms with Crippen LogP contribution in [0.1, 0.15) is 55.3 Å². The Labute approximate surface area is 148 Å². The maximum absolute atomic E-state index is 12.1. The maximum Gasteiger partial charge on any atom is 0.305 e. The van der Waals surface area contributed by atoms with Crippen molar-refractivity contribution < 1.29 is 19.1 Å². The molecule has 136 valence electrons. The normalized spacial score (nSPS) is 14.3. The summed E-state index contributed by atoms with van der Waals surface area (Å²) in [5.41, 5.74) is 1.44. The zero-order valence-electron chi connectivity index (χ0n) is 14.8. The fourth-order valence-electron chi connectivity index (χ4n) is 2.85. The van der Waals surface area contributed by atoms with Crippen molar-refractivity contribution in [3.63, 3.8) is 0 Å². The van der Waals surface area contributed by atoms with E-state index in [4.69, 9.17) is 0 Å². The molecular weight excluding hydrogens is 320 g/mol. The van der Waals surface area contributed by atoms with Gasteiger partial charge in [-0.2, -0.15) is 0 Å². The van der Waals surface area contributed by atoms with Gasteiger partial charge in [-0.3, -0.25) is 14.4 Å². The third-order valence-corrected chi connectivity index (χ3v) is 4.34. The summed E-state index contributed by atoms with van der Waals surface area (Å²) in [6, 6.07) is 7.16. The van der Waals surface area contributed by atoms with E-state index in [2.05, 4.69) is 10.1 Å². The molecule has 0 saturated carbocycles. The predicted molar refractivity (Wildman–Crippen MR) is 95.5 cm³/mol. The zero-order valence-corrected chi connectivity index (χ0v) is 14.8. The Bertz CT molecular complexity index is 598. The molecule has 6 nitrogen and oxygen atoms in total. The lowest BCUT2D eigenvalue weighted by molar-refractivity contribution is -0.140. The number of carbonyl (C=O) groups excluding carboxylic acids is 3. The molecule has 0 radical (unpaired) electrons. The smallest absolute Gasteiger partial charge is 0.305 e. The minimum atomic E-state index is -0.198. The summed E-state index contributed by atoms with van der Waals surface area (Å²) in [4.78, 5) is 36.8. The molecule has 0 aromatic heterocycles. The number of amides is 2. The van der Waals surface area contributed by atoms with Crippen LogP contribution in [0.3, 0.4) is 0 Å². The highest BCUT2D eigenvalue weighted by molar-refractivity contribution is 5.96. The number of esters is 1. The minimum Gasteiger partial charge on any atom is -0.469 e. The van der Waals surface area contributed by atoms with Gasteiger partial charge in [-0.05, 0) is 49.9 Å². The van der Waals surface area contributed by atoms with Crippen LogP contribution < -0.4 is 10.2 Å². The number of rotatable bonds is 8. The third-order valence-electron chi connectivity index (χ3n) is 4.34. The standard InChI is InChI=1S/C19H26N2O4/c1-25-18(23)8-3-2-5-13-20-19(24)15-9-11-16(12-10-15)21-14-6-4-7-17(21)22/h9-12H,2-8,13-14H2,1H3,(H,20,24). The lowest BCUT2D eigenvalue weighted by atomic mass is 10.1. The van der Waals surface area contributed by atoms with Gasteiger partial charge in [0, 0.05) is 37.2 Å². The van der Waals surface area contributed by atoms with Gasteiger partial charge >= 0.3 is 5.97 Å². The van der Waals surface area contributed by atoms with Crippen molar-refractivity contribution in [1.29, 1.82) is 0 Å². The van der Waals surface area contributed by atoms with E-state index >= 15 is 0 Å². The first-order chi connectivity index (χ1) is 12.1. The number of ether oxygens (including phenoxy) is 1. The van der Waals surface area contributed by atoms with Gasteiger partial charge in [0.1, 0.15) is 0 Å². The number of carbonyl (C=O) groups is 3. The van der Waals surface area contributed by atoms with E-state index in [1.54, 1.807) is 17.0 Å². The van der Waals surface area contributed by atoms with Gasteiger partial charge in [-0.1, -0.05) is 6.42 Å². The van der Waals surface area contributed by atoms with Crippen LogP contribution >= 0.6 is 0 Å². The number of anilines is 1. The summed E-state index contributed by atoms with van der Waals surface area (Å²) in [7, 11) is 1.38. The molecule has 1 heterocycles. The second-order valence-electron chi connectivity index (χ2n) is 6.19. The summed E-state index contributed by atoms with van der Waals surface area (Å²) in [6.45, 7) is 1.32. The van der Waals surface area contributed by atoms with Gasteiger partial charge in [0.2, 0.25) is 5.91 Å². The Morgan fingerprint density at radius 3 is 2.56 bits per heavy atom. The van der Waals surface area contributed by atoms with Crippen LogP contribution in [0.25, 0.3) is 0 Å². The molecular formula is C19H26N2O4. The number of hydrogen-bond donors (Lipinski definition) is 1. The molecule has 0 atom stereocenters. The van der Waals surface area contributed by atoms with E-state index in [9.17, 15) is 14.4 Å². The molecule has 2 rings (SSSR count). The van der Waals surface area contributed by atoms with Gasteiger partial charge in [-0.15, -0.1) is 0 Å². The van der Waals surface area contributed by atoms with Gasteiger partial charge < -0.3 is 15.0 Å². The van der Waals surface area contributed by atoms with Crippen molar-refractivity contribution in [2.24, 2.45) is 0 Å². The van der Waals surface area contributed by atoms with E-state index in [1.807, 2.05) is 12.1 Å². The SMILES string of the molecule is COC(=O)CCCCCNC(=O)c1ccc(N2CCCCC2=O)cc1. The van der Waals surface area contributed by atoms with E-state index in [0.29, 0.717) is 24.9 Å². The third kappa shape index (κ3) is 5.89. The maximum atomic E-state index is 12.1. The summed E-state index contributed by atoms with van der Waals surface area (Å²) >= 11 is 0. The Morgan fingerprint density at radius 1 is 1.12 bits per heavy atom. The number of methoxy groups -OCH3 is 1. The highest BCUT2D eigenvalue weighted by Gasteiger charge is 2.19. The quantitative estimate of drug-likeness (QED) is 0.580. The van der Waals surface area contributed by atoms with Crippen LogP contribution in [0.4, 0.5) is 5.69 Å². The molecule has 6 heteroatoms. The molecule has 1 aromatic carbocycles. The van der Waals surface area contributed by atoms with E-state index in [-0.39, 0.29) is 17.8 Å². The van der Waals surface area contributed by atoms with Crippen LogP contribution in [0, 0.1) is 0 Å². The summed E-state index contributed by atoms with van der Waals surface area (Å²) < 4.78 is 4.58. The molecule has 1 fully saturated rings. The highest BCUT2D eigenvalue weighted by Crippen LogP contribution is 2.21. The molecule has 2 amide bonds. The molecule has 1 saturated heterocycles. The first kappa shape index (κ1) is 19.0.